The number of nitrogens with zero attached hydrogens (tertiary/aromatic N) is 1. The van der Waals surface area contributed by atoms with Gasteiger partial charge in [-0.3, -0.25) is 9.78 Å². The number of nitrogens with one attached hydrogen (secondary N) is 1. The second-order valence-electron chi connectivity index (χ2n) is 3.96. The van der Waals surface area contributed by atoms with E-state index in [1.54, 1.807) is 12.3 Å². The topological polar surface area (TPSA) is 77.2 Å². The van der Waals surface area contributed by atoms with Gasteiger partial charge < -0.3 is 15.8 Å². The predicted octanol–water partition coefficient (Wildman–Crippen LogP) is 1.15. The van der Waals surface area contributed by atoms with E-state index in [0.29, 0.717) is 5.69 Å². The number of ether oxygens (including phenoxy) is 1. The number of carbonyl (C=O) groups is 1. The van der Waals surface area contributed by atoms with Gasteiger partial charge >= 0.3 is 0 Å². The van der Waals surface area contributed by atoms with Crippen LogP contribution in [0.4, 0.5) is 5.69 Å². The molecule has 0 saturated carbocycles. The van der Waals surface area contributed by atoms with Gasteiger partial charge in [0.05, 0.1) is 12.1 Å². The highest BCUT2D eigenvalue weighted by Gasteiger charge is 2.13. The Morgan fingerprint density at radius 2 is 2.33 bits per heavy atom. The molecule has 18 heavy (non-hydrogen) atoms. The van der Waals surface area contributed by atoms with Crippen molar-refractivity contribution in [3.8, 4) is 0 Å². The first-order valence-corrected chi connectivity index (χ1v) is 5.61. The predicted molar refractivity (Wildman–Crippen MR) is 70.2 cm³/mol. The number of hydrogen-bond donors (Lipinski definition) is 2. The number of rotatable bonds is 4. The first-order chi connectivity index (χ1) is 8.70. The zero-order valence-corrected chi connectivity index (χ0v) is 10.1. The molecule has 1 amide bonds. The maximum Gasteiger partial charge on any atom is 0.243 e. The first kappa shape index (κ1) is 12.5. The Morgan fingerprint density at radius 3 is 3.11 bits per heavy atom. The van der Waals surface area contributed by atoms with Gasteiger partial charge in [0.2, 0.25) is 5.91 Å². The zero-order chi connectivity index (χ0) is 13.0. The number of carbonyl (C=O) groups excluding carboxylic acids is 1. The van der Waals surface area contributed by atoms with Crippen LogP contribution in [0.5, 0.6) is 0 Å². The molecule has 0 aliphatic carbocycles. The minimum Gasteiger partial charge on any atom is -0.383 e. The van der Waals surface area contributed by atoms with Crippen LogP contribution in [0.2, 0.25) is 0 Å². The molecule has 0 saturated heterocycles. The number of fused-ring (bicyclic) bond motifs is 1. The maximum absolute atomic E-state index is 11.7. The molecule has 0 aliphatic heterocycles. The van der Waals surface area contributed by atoms with E-state index < -0.39 is 6.04 Å². The van der Waals surface area contributed by atoms with Crippen LogP contribution in [0, 0.1) is 0 Å². The van der Waals surface area contributed by atoms with E-state index in [2.05, 4.69) is 10.3 Å². The van der Waals surface area contributed by atoms with Gasteiger partial charge in [-0.05, 0) is 24.3 Å². The zero-order valence-electron chi connectivity index (χ0n) is 10.1. The van der Waals surface area contributed by atoms with Crippen molar-refractivity contribution in [2.24, 2.45) is 5.73 Å². The van der Waals surface area contributed by atoms with E-state index in [1.165, 1.54) is 7.11 Å². The van der Waals surface area contributed by atoms with Crippen molar-refractivity contribution in [2.75, 3.05) is 19.0 Å². The Hall–Kier alpha value is -1.98. The van der Waals surface area contributed by atoms with Crippen molar-refractivity contribution < 1.29 is 9.53 Å². The summed E-state index contributed by atoms with van der Waals surface area (Å²) in [5.41, 5.74) is 7.23. The number of methoxy groups -OCH3 is 1. The van der Waals surface area contributed by atoms with Gasteiger partial charge in [0, 0.05) is 24.4 Å². The van der Waals surface area contributed by atoms with E-state index in [0.717, 1.165) is 10.9 Å². The third-order valence-corrected chi connectivity index (χ3v) is 2.55. The number of anilines is 1. The number of hydrogen-bond acceptors (Lipinski definition) is 4. The Kier molecular flexibility index (Phi) is 3.86. The monoisotopic (exact) mass is 245 g/mol. The minimum atomic E-state index is -0.667. The summed E-state index contributed by atoms with van der Waals surface area (Å²) in [6.07, 6.45) is 1.73. The Labute approximate surface area is 105 Å². The number of pyridine rings is 1. The van der Waals surface area contributed by atoms with Crippen molar-refractivity contribution in [3.63, 3.8) is 0 Å². The third kappa shape index (κ3) is 2.82. The molecule has 1 atom stereocenters. The summed E-state index contributed by atoms with van der Waals surface area (Å²) < 4.78 is 4.84. The molecule has 1 unspecified atom stereocenters. The lowest BCUT2D eigenvalue weighted by atomic mass is 10.2. The summed E-state index contributed by atoms with van der Waals surface area (Å²) in [5, 5.41) is 3.72. The van der Waals surface area contributed by atoms with Gasteiger partial charge in [-0.25, -0.2) is 0 Å². The molecule has 1 aromatic carbocycles. The van der Waals surface area contributed by atoms with E-state index in [9.17, 15) is 4.79 Å². The van der Waals surface area contributed by atoms with Crippen LogP contribution in [0.1, 0.15) is 0 Å². The minimum absolute atomic E-state index is 0.195. The smallest absolute Gasteiger partial charge is 0.243 e. The summed E-state index contributed by atoms with van der Waals surface area (Å²) in [6, 6.07) is 8.64. The van der Waals surface area contributed by atoms with Gasteiger partial charge in [0.15, 0.2) is 0 Å². The van der Waals surface area contributed by atoms with Crippen LogP contribution in [-0.4, -0.2) is 30.6 Å². The molecule has 0 bridgehead atoms. The molecule has 0 aliphatic rings. The lowest BCUT2D eigenvalue weighted by Gasteiger charge is -2.11. The molecule has 5 nitrogen and oxygen atoms in total. The molecule has 1 aromatic heterocycles. The molecule has 2 rings (SSSR count). The SMILES string of the molecule is COCC(N)C(=O)Nc1ccc2ncccc2c1. The van der Waals surface area contributed by atoms with Gasteiger partial charge in [-0.2, -0.15) is 0 Å². The van der Waals surface area contributed by atoms with Crippen molar-refractivity contribution in [2.45, 2.75) is 6.04 Å². The summed E-state index contributed by atoms with van der Waals surface area (Å²) >= 11 is 0. The second kappa shape index (κ2) is 5.57. The fraction of sp³-hybridized carbons (Fsp3) is 0.231. The molecule has 5 heteroatoms. The second-order valence-corrected chi connectivity index (χ2v) is 3.96. The lowest BCUT2D eigenvalue weighted by Crippen LogP contribution is -2.39. The summed E-state index contributed by atoms with van der Waals surface area (Å²) in [7, 11) is 1.51. The highest BCUT2D eigenvalue weighted by atomic mass is 16.5. The van der Waals surface area contributed by atoms with Crippen LogP contribution in [-0.2, 0) is 9.53 Å². The fourth-order valence-electron chi connectivity index (χ4n) is 1.64. The van der Waals surface area contributed by atoms with Crippen molar-refractivity contribution in [1.82, 2.24) is 4.98 Å². The van der Waals surface area contributed by atoms with Crippen molar-refractivity contribution in [1.29, 1.82) is 0 Å². The van der Waals surface area contributed by atoms with Gasteiger partial charge in [0.25, 0.3) is 0 Å². The Bertz CT molecular complexity index is 557. The quantitative estimate of drug-likeness (QED) is 0.847. The molecular weight excluding hydrogens is 230 g/mol. The van der Waals surface area contributed by atoms with Crippen LogP contribution in [0.15, 0.2) is 36.5 Å². The van der Waals surface area contributed by atoms with Crippen LogP contribution >= 0.6 is 0 Å². The number of nitrogens with two attached hydrogens (primary N) is 1. The average Bonchev–Trinajstić information content (AvgIpc) is 2.39. The molecule has 0 spiro atoms. The van der Waals surface area contributed by atoms with Crippen LogP contribution in [0.3, 0.4) is 0 Å². The molecule has 0 fully saturated rings. The van der Waals surface area contributed by atoms with Crippen LogP contribution < -0.4 is 11.1 Å². The first-order valence-electron chi connectivity index (χ1n) is 5.61. The fourth-order valence-corrected chi connectivity index (χ4v) is 1.64. The number of benzene rings is 1. The highest BCUT2D eigenvalue weighted by molar-refractivity contribution is 5.96. The molecule has 1 heterocycles. The van der Waals surface area contributed by atoms with E-state index in [-0.39, 0.29) is 12.5 Å². The van der Waals surface area contributed by atoms with E-state index in [4.69, 9.17) is 10.5 Å². The summed E-state index contributed by atoms with van der Waals surface area (Å²) in [4.78, 5) is 15.9. The molecule has 94 valence electrons. The standard InChI is InChI=1S/C13H15N3O2/c1-18-8-11(14)13(17)16-10-4-5-12-9(7-10)3-2-6-15-12/h2-7,11H,8,14H2,1H3,(H,16,17). The average molecular weight is 245 g/mol. The lowest BCUT2D eigenvalue weighted by molar-refractivity contribution is -0.118. The maximum atomic E-state index is 11.7. The molecule has 2 aromatic rings. The van der Waals surface area contributed by atoms with Gasteiger partial charge in [-0.1, -0.05) is 6.07 Å². The van der Waals surface area contributed by atoms with Crippen molar-refractivity contribution in [3.05, 3.63) is 36.5 Å². The van der Waals surface area contributed by atoms with Crippen LogP contribution in [0.25, 0.3) is 10.9 Å². The summed E-state index contributed by atoms with van der Waals surface area (Å²) in [6.45, 7) is 0.195. The molecule has 0 radical (unpaired) electrons. The van der Waals surface area contributed by atoms with E-state index >= 15 is 0 Å². The largest absolute Gasteiger partial charge is 0.383 e. The number of aromatic nitrogens is 1. The summed E-state index contributed by atoms with van der Waals surface area (Å²) in [5.74, 6) is -0.264. The van der Waals surface area contributed by atoms with Gasteiger partial charge in [-0.15, -0.1) is 0 Å². The number of amides is 1. The van der Waals surface area contributed by atoms with E-state index in [1.807, 2.05) is 24.3 Å². The molecular formula is C13H15N3O2. The Morgan fingerprint density at radius 1 is 1.50 bits per heavy atom. The van der Waals surface area contributed by atoms with Gasteiger partial charge in [0.1, 0.15) is 6.04 Å². The normalized spacial score (nSPS) is 12.3. The third-order valence-electron chi connectivity index (χ3n) is 2.55. The molecule has 3 N–H and O–H groups in total. The van der Waals surface area contributed by atoms with Crippen molar-refractivity contribution >= 4 is 22.5 Å². The Balaban J connectivity index is 2.14. The highest BCUT2D eigenvalue weighted by Crippen LogP contribution is 2.16.